The van der Waals surface area contributed by atoms with E-state index in [-0.39, 0.29) is 11.9 Å². The first-order valence-electron chi connectivity index (χ1n) is 12.8. The van der Waals surface area contributed by atoms with Crippen LogP contribution >= 0.6 is 0 Å². The molecule has 0 atom stereocenters. The summed E-state index contributed by atoms with van der Waals surface area (Å²) in [5.41, 5.74) is 10.3. The van der Waals surface area contributed by atoms with E-state index in [9.17, 15) is 13.2 Å². The van der Waals surface area contributed by atoms with E-state index >= 15 is 0 Å². The first kappa shape index (κ1) is 26.6. The van der Waals surface area contributed by atoms with E-state index in [4.69, 9.17) is 10.5 Å². The smallest absolute Gasteiger partial charge is 0.434 e. The van der Waals surface area contributed by atoms with E-state index in [1.807, 2.05) is 13.8 Å². The molecule has 4 heterocycles. The van der Waals surface area contributed by atoms with Crippen molar-refractivity contribution >= 4 is 17.2 Å². The topological polar surface area (TPSA) is 107 Å². The highest BCUT2D eigenvalue weighted by Crippen LogP contribution is 2.44. The van der Waals surface area contributed by atoms with Gasteiger partial charge in [0, 0.05) is 67.8 Å². The summed E-state index contributed by atoms with van der Waals surface area (Å²) in [4.78, 5) is 23.9. The number of hydrogen-bond donors (Lipinski definition) is 1. The number of ether oxygens (including phenoxy) is 1. The lowest BCUT2D eigenvalue weighted by atomic mass is 9.95. The van der Waals surface area contributed by atoms with Crippen molar-refractivity contribution < 1.29 is 17.9 Å². The minimum atomic E-state index is -4.52. The van der Waals surface area contributed by atoms with Crippen LogP contribution in [-0.2, 0) is 6.18 Å². The third-order valence-corrected chi connectivity index (χ3v) is 7.09. The van der Waals surface area contributed by atoms with Crippen molar-refractivity contribution in [2.75, 3.05) is 32.1 Å². The molecule has 0 unspecified atom stereocenters. The highest BCUT2D eigenvalue weighted by atomic mass is 19.4. The van der Waals surface area contributed by atoms with E-state index in [1.165, 1.54) is 10.9 Å². The fourth-order valence-corrected chi connectivity index (χ4v) is 4.89. The van der Waals surface area contributed by atoms with Gasteiger partial charge in [0.15, 0.2) is 5.69 Å². The van der Waals surface area contributed by atoms with Crippen molar-refractivity contribution in [3.8, 4) is 17.3 Å². The molecule has 1 saturated carbocycles. The van der Waals surface area contributed by atoms with Gasteiger partial charge in [-0.25, -0.2) is 19.9 Å². The third kappa shape index (κ3) is 5.19. The number of methoxy groups -OCH3 is 1. The summed E-state index contributed by atoms with van der Waals surface area (Å²) in [5, 5.41) is 0. The zero-order chi connectivity index (χ0) is 27.9. The Balaban J connectivity index is 1.48. The summed E-state index contributed by atoms with van der Waals surface area (Å²) in [6.45, 7) is 4.74. The molecular weight excluding hydrogens is 509 g/mol. The van der Waals surface area contributed by atoms with Crippen LogP contribution in [0.3, 0.4) is 0 Å². The summed E-state index contributed by atoms with van der Waals surface area (Å²) in [5.74, 6) is 1.68. The Kier molecular flexibility index (Phi) is 7.04. The molecule has 12 heteroatoms. The number of nitrogens with zero attached hydrogens (tertiary/aromatic N) is 7. The molecule has 0 bridgehead atoms. The Labute approximate surface area is 224 Å². The lowest BCUT2D eigenvalue weighted by Gasteiger charge is -2.32. The van der Waals surface area contributed by atoms with Gasteiger partial charge in [-0.2, -0.15) is 13.2 Å². The van der Waals surface area contributed by atoms with Crippen LogP contribution in [0.1, 0.15) is 62.0 Å². The number of rotatable bonds is 6. The molecule has 9 nitrogen and oxygen atoms in total. The maximum atomic E-state index is 13.3. The number of piperidine rings is 1. The number of hydrogen-bond acceptors (Lipinski definition) is 8. The first-order chi connectivity index (χ1) is 18.6. The number of pyridine rings is 1. The quantitative estimate of drug-likeness (QED) is 0.475. The normalized spacial score (nSPS) is 18.7. The summed E-state index contributed by atoms with van der Waals surface area (Å²) >= 11 is 0. The second-order valence-corrected chi connectivity index (χ2v) is 10.0. The van der Waals surface area contributed by atoms with Crippen LogP contribution in [0.2, 0.25) is 0 Å². The van der Waals surface area contributed by atoms with Crippen LogP contribution in [0, 0.1) is 0 Å². The van der Waals surface area contributed by atoms with E-state index < -0.39 is 11.9 Å². The minimum Gasteiger partial charge on any atom is -0.480 e. The number of imidazole rings is 1. The van der Waals surface area contributed by atoms with Crippen molar-refractivity contribution in [1.29, 1.82) is 0 Å². The Bertz CT molecular complexity index is 1420. The molecular formula is C27H31F3N8O. The lowest BCUT2D eigenvalue weighted by molar-refractivity contribution is -0.140. The molecule has 0 aromatic carbocycles. The molecule has 3 aromatic rings. The molecule has 0 spiro atoms. The van der Waals surface area contributed by atoms with Crippen LogP contribution in [-0.4, -0.2) is 57.5 Å². The van der Waals surface area contributed by atoms with Gasteiger partial charge in [0.25, 0.3) is 0 Å². The van der Waals surface area contributed by atoms with Gasteiger partial charge in [-0.15, -0.1) is 0 Å². The maximum Gasteiger partial charge on any atom is 0.434 e. The Hall–Kier alpha value is -3.96. The van der Waals surface area contributed by atoms with Gasteiger partial charge < -0.3 is 19.9 Å². The predicted molar refractivity (Wildman–Crippen MR) is 143 cm³/mol. The van der Waals surface area contributed by atoms with Crippen molar-refractivity contribution in [3.05, 3.63) is 53.4 Å². The van der Waals surface area contributed by atoms with Gasteiger partial charge in [0.1, 0.15) is 18.0 Å². The highest BCUT2D eigenvalue weighted by Gasteiger charge is 2.36. The molecule has 2 aliphatic rings. The van der Waals surface area contributed by atoms with Crippen LogP contribution in [0.15, 0.2) is 41.4 Å². The molecule has 0 amide bonds. The summed E-state index contributed by atoms with van der Waals surface area (Å²) in [6, 6.07) is 3.34. The summed E-state index contributed by atoms with van der Waals surface area (Å²) in [7, 11) is 3.31. The number of halogens is 3. The molecule has 1 aliphatic carbocycles. The van der Waals surface area contributed by atoms with Crippen molar-refractivity contribution in [3.63, 3.8) is 0 Å². The maximum absolute atomic E-state index is 13.3. The molecule has 1 saturated heterocycles. The van der Waals surface area contributed by atoms with Crippen molar-refractivity contribution in [2.45, 2.75) is 51.2 Å². The van der Waals surface area contributed by atoms with E-state index in [1.54, 1.807) is 32.5 Å². The van der Waals surface area contributed by atoms with Gasteiger partial charge in [0.2, 0.25) is 5.88 Å². The average Bonchev–Trinajstić information content (AvgIpc) is 3.67. The minimum absolute atomic E-state index is 0.202. The number of anilines is 1. The first-order valence-corrected chi connectivity index (χ1v) is 12.8. The lowest BCUT2D eigenvalue weighted by Crippen LogP contribution is -2.37. The molecule has 2 N–H and O–H groups in total. The van der Waals surface area contributed by atoms with E-state index in [0.29, 0.717) is 54.0 Å². The third-order valence-electron chi connectivity index (χ3n) is 7.09. The number of nitrogens with two attached hydrogens (primary N) is 1. The second kappa shape index (κ2) is 10.3. The number of aromatic nitrogens is 5. The monoisotopic (exact) mass is 540 g/mol. The molecule has 5 rings (SSSR count). The Morgan fingerprint density at radius 3 is 2.54 bits per heavy atom. The van der Waals surface area contributed by atoms with E-state index in [0.717, 1.165) is 36.0 Å². The van der Waals surface area contributed by atoms with Crippen LogP contribution in [0.4, 0.5) is 19.0 Å². The fraction of sp³-hybridized carbons (Fsp3) is 0.444. The molecule has 2 fully saturated rings. The number of alkyl halides is 3. The number of aliphatic imine (C=N–C) groups is 1. The Morgan fingerprint density at radius 1 is 1.18 bits per heavy atom. The molecule has 3 aromatic heterocycles. The largest absolute Gasteiger partial charge is 0.480 e. The molecule has 206 valence electrons. The van der Waals surface area contributed by atoms with Crippen molar-refractivity contribution in [2.24, 2.45) is 10.7 Å². The average molecular weight is 541 g/mol. The standard InChI is InChI=1S/C27H31F3N8O/c1-15(2)38-13-20(27(28,29)30)36-25(38)17-7-8-21(33-11-17)37-10-9-19(32-3)18(12-37)23(31)22-24(16-5-6-16)34-14-35-26(22)39-4/h7-8,11,13-16H,5-6,9-10,12,31H2,1-4H3/b23-18-,32-19?. The summed E-state index contributed by atoms with van der Waals surface area (Å²) < 4.78 is 47.1. The molecule has 1 aliphatic heterocycles. The Morgan fingerprint density at radius 2 is 1.95 bits per heavy atom. The second-order valence-electron chi connectivity index (χ2n) is 10.0. The van der Waals surface area contributed by atoms with Gasteiger partial charge in [-0.3, -0.25) is 4.99 Å². The van der Waals surface area contributed by atoms with Gasteiger partial charge in [0.05, 0.1) is 24.1 Å². The fourth-order valence-electron chi connectivity index (χ4n) is 4.89. The summed E-state index contributed by atoms with van der Waals surface area (Å²) in [6.07, 6.45) is 2.33. The van der Waals surface area contributed by atoms with Crippen molar-refractivity contribution in [1.82, 2.24) is 24.5 Å². The molecule has 0 radical (unpaired) electrons. The highest BCUT2D eigenvalue weighted by molar-refractivity contribution is 6.08. The SMILES string of the molecule is CN=C1CCN(c2ccc(-c3nc(C(F)(F)F)cn3C(C)C)cn2)C/C1=C(/N)c1c(OC)ncnc1C1CC1. The van der Waals surface area contributed by atoms with Gasteiger partial charge >= 0.3 is 6.18 Å². The van der Waals surface area contributed by atoms with Crippen LogP contribution < -0.4 is 15.4 Å². The van der Waals surface area contributed by atoms with Gasteiger partial charge in [-0.1, -0.05) is 0 Å². The van der Waals surface area contributed by atoms with E-state index in [2.05, 4.69) is 29.8 Å². The predicted octanol–water partition coefficient (Wildman–Crippen LogP) is 4.87. The zero-order valence-corrected chi connectivity index (χ0v) is 22.3. The molecule has 39 heavy (non-hydrogen) atoms. The zero-order valence-electron chi connectivity index (χ0n) is 22.3. The van der Waals surface area contributed by atoms with Crippen LogP contribution in [0.5, 0.6) is 5.88 Å². The van der Waals surface area contributed by atoms with Crippen LogP contribution in [0.25, 0.3) is 17.1 Å². The van der Waals surface area contributed by atoms with Gasteiger partial charge in [-0.05, 0) is 38.8 Å².